The van der Waals surface area contributed by atoms with Crippen LogP contribution in [0.3, 0.4) is 0 Å². The minimum absolute atomic E-state index is 0.182. The molecule has 0 radical (unpaired) electrons. The van der Waals surface area contributed by atoms with Gasteiger partial charge in [0.2, 0.25) is 0 Å². The number of rotatable bonds is 4. The van der Waals surface area contributed by atoms with Gasteiger partial charge < -0.3 is 15.7 Å². The van der Waals surface area contributed by atoms with Crippen LogP contribution in [0.1, 0.15) is 13.8 Å². The number of urea groups is 1. The summed E-state index contributed by atoms with van der Waals surface area (Å²) in [5, 5.41) is 13.9. The third-order valence-electron chi connectivity index (χ3n) is 2.32. The number of nitrogens with one attached hydrogen (secondary N) is 2. The van der Waals surface area contributed by atoms with Crippen molar-refractivity contribution in [3.8, 4) is 0 Å². The molecule has 6 heteroatoms. The lowest BCUT2D eigenvalue weighted by molar-refractivity contribution is -0.140. The number of hydrogen-bond acceptors (Lipinski definition) is 2. The Morgan fingerprint density at radius 3 is 2.22 bits per heavy atom. The van der Waals surface area contributed by atoms with E-state index in [1.165, 1.54) is 0 Å². The summed E-state index contributed by atoms with van der Waals surface area (Å²) in [6.07, 6.45) is 0. The highest BCUT2D eigenvalue weighted by molar-refractivity contribution is 9.10. The van der Waals surface area contributed by atoms with Gasteiger partial charge in [-0.25, -0.2) is 9.59 Å². The molecular formula is C12H15BrN2O3. The summed E-state index contributed by atoms with van der Waals surface area (Å²) in [7, 11) is 0. The second-order valence-corrected chi connectivity index (χ2v) is 5.08. The largest absolute Gasteiger partial charge is 0.480 e. The lowest BCUT2D eigenvalue weighted by Gasteiger charge is -2.18. The van der Waals surface area contributed by atoms with Crippen molar-refractivity contribution in [3.63, 3.8) is 0 Å². The van der Waals surface area contributed by atoms with E-state index in [0.717, 1.165) is 4.47 Å². The lowest BCUT2D eigenvalue weighted by Crippen LogP contribution is -2.46. The van der Waals surface area contributed by atoms with Gasteiger partial charge in [0, 0.05) is 10.2 Å². The summed E-state index contributed by atoms with van der Waals surface area (Å²) in [6.45, 7) is 3.47. The molecule has 3 N–H and O–H groups in total. The van der Waals surface area contributed by atoms with E-state index in [9.17, 15) is 9.59 Å². The maximum atomic E-state index is 11.6. The van der Waals surface area contributed by atoms with E-state index in [2.05, 4.69) is 26.6 Å². The quantitative estimate of drug-likeness (QED) is 0.799. The van der Waals surface area contributed by atoms with E-state index in [4.69, 9.17) is 5.11 Å². The fourth-order valence-electron chi connectivity index (χ4n) is 1.36. The van der Waals surface area contributed by atoms with Gasteiger partial charge in [0.25, 0.3) is 0 Å². The van der Waals surface area contributed by atoms with Crippen LogP contribution in [-0.4, -0.2) is 23.1 Å². The van der Waals surface area contributed by atoms with E-state index in [1.807, 2.05) is 0 Å². The van der Waals surface area contributed by atoms with Gasteiger partial charge in [-0.1, -0.05) is 29.8 Å². The van der Waals surface area contributed by atoms with E-state index in [1.54, 1.807) is 38.1 Å². The van der Waals surface area contributed by atoms with E-state index in [0.29, 0.717) is 5.69 Å². The molecule has 1 aromatic rings. The Balaban J connectivity index is 2.60. The Morgan fingerprint density at radius 2 is 1.78 bits per heavy atom. The third kappa shape index (κ3) is 4.37. The number of carbonyl (C=O) groups is 2. The van der Waals surface area contributed by atoms with Crippen LogP contribution in [0.5, 0.6) is 0 Å². The maximum absolute atomic E-state index is 11.6. The summed E-state index contributed by atoms with van der Waals surface area (Å²) in [4.78, 5) is 22.5. The van der Waals surface area contributed by atoms with Gasteiger partial charge in [0.1, 0.15) is 6.04 Å². The van der Waals surface area contributed by atoms with E-state index in [-0.39, 0.29) is 5.92 Å². The second-order valence-electron chi connectivity index (χ2n) is 4.17. The SMILES string of the molecule is CC(C)[C@H](NC(=O)Nc1ccc(Br)cc1)C(=O)O. The smallest absolute Gasteiger partial charge is 0.326 e. The molecule has 1 rings (SSSR count). The van der Waals surface area contributed by atoms with Crippen LogP contribution in [0.2, 0.25) is 0 Å². The number of hydrogen-bond donors (Lipinski definition) is 3. The molecule has 1 aromatic carbocycles. The van der Waals surface area contributed by atoms with Crippen molar-refractivity contribution in [3.05, 3.63) is 28.7 Å². The molecule has 0 fully saturated rings. The van der Waals surface area contributed by atoms with Gasteiger partial charge >= 0.3 is 12.0 Å². The molecular weight excluding hydrogens is 300 g/mol. The summed E-state index contributed by atoms with van der Waals surface area (Å²) < 4.78 is 0.902. The fraction of sp³-hybridized carbons (Fsp3) is 0.333. The number of benzene rings is 1. The normalized spacial score (nSPS) is 12.0. The molecule has 0 spiro atoms. The second kappa shape index (κ2) is 6.39. The average Bonchev–Trinajstić information content (AvgIpc) is 2.28. The number of carbonyl (C=O) groups excluding carboxylic acids is 1. The molecule has 0 aliphatic rings. The lowest BCUT2D eigenvalue weighted by atomic mass is 10.1. The molecule has 0 saturated heterocycles. The number of carboxylic acid groups (broad SMARTS) is 1. The Morgan fingerprint density at radius 1 is 1.22 bits per heavy atom. The zero-order chi connectivity index (χ0) is 13.7. The predicted octanol–water partition coefficient (Wildman–Crippen LogP) is 2.68. The van der Waals surface area contributed by atoms with Gasteiger partial charge in [0.15, 0.2) is 0 Å². The molecule has 2 amide bonds. The molecule has 0 aliphatic carbocycles. The monoisotopic (exact) mass is 314 g/mol. The number of carboxylic acids is 1. The van der Waals surface area contributed by atoms with Crippen LogP contribution in [-0.2, 0) is 4.79 Å². The highest BCUT2D eigenvalue weighted by Gasteiger charge is 2.23. The molecule has 0 saturated carbocycles. The molecule has 0 heterocycles. The van der Waals surface area contributed by atoms with Crippen molar-refractivity contribution in [2.45, 2.75) is 19.9 Å². The van der Waals surface area contributed by atoms with Crippen LogP contribution in [0, 0.1) is 5.92 Å². The molecule has 0 aromatic heterocycles. The first-order chi connectivity index (χ1) is 8.40. The Labute approximate surface area is 114 Å². The van der Waals surface area contributed by atoms with Crippen LogP contribution in [0.4, 0.5) is 10.5 Å². The summed E-state index contributed by atoms with van der Waals surface area (Å²) in [5.74, 6) is -1.23. The van der Waals surface area contributed by atoms with Crippen molar-refractivity contribution in [1.82, 2.24) is 5.32 Å². The van der Waals surface area contributed by atoms with Crippen LogP contribution in [0.25, 0.3) is 0 Å². The van der Waals surface area contributed by atoms with Gasteiger partial charge in [-0.15, -0.1) is 0 Å². The molecule has 1 atom stereocenters. The van der Waals surface area contributed by atoms with Gasteiger partial charge in [-0.3, -0.25) is 0 Å². The molecule has 0 bridgehead atoms. The van der Waals surface area contributed by atoms with Gasteiger partial charge in [-0.05, 0) is 30.2 Å². The van der Waals surface area contributed by atoms with E-state index < -0.39 is 18.0 Å². The minimum atomic E-state index is -1.05. The Bertz CT molecular complexity index is 431. The third-order valence-corrected chi connectivity index (χ3v) is 2.85. The minimum Gasteiger partial charge on any atom is -0.480 e. The molecule has 98 valence electrons. The molecule has 18 heavy (non-hydrogen) atoms. The highest BCUT2D eigenvalue weighted by atomic mass is 79.9. The molecule has 0 aliphatic heterocycles. The zero-order valence-corrected chi connectivity index (χ0v) is 11.7. The fourth-order valence-corrected chi connectivity index (χ4v) is 1.62. The first kappa shape index (κ1) is 14.5. The standard InChI is InChI=1S/C12H15BrN2O3/c1-7(2)10(11(16)17)15-12(18)14-9-5-3-8(13)4-6-9/h3-7,10H,1-2H3,(H,16,17)(H2,14,15,18)/t10-/m0/s1. The zero-order valence-electron chi connectivity index (χ0n) is 10.1. The summed E-state index contributed by atoms with van der Waals surface area (Å²) in [5.41, 5.74) is 0.601. The van der Waals surface area contributed by atoms with Crippen LogP contribution >= 0.6 is 15.9 Å². The number of anilines is 1. The number of amides is 2. The average molecular weight is 315 g/mol. The van der Waals surface area contributed by atoms with Crippen LogP contribution in [0.15, 0.2) is 28.7 Å². The summed E-state index contributed by atoms with van der Waals surface area (Å²) in [6, 6.07) is 5.57. The predicted molar refractivity (Wildman–Crippen MR) is 72.6 cm³/mol. The number of halogens is 1. The van der Waals surface area contributed by atoms with Crippen molar-refractivity contribution in [2.75, 3.05) is 5.32 Å². The van der Waals surface area contributed by atoms with Crippen LogP contribution < -0.4 is 10.6 Å². The van der Waals surface area contributed by atoms with Crippen molar-refractivity contribution >= 4 is 33.6 Å². The Kier molecular flexibility index (Phi) is 5.15. The first-order valence-electron chi connectivity index (χ1n) is 5.46. The Hall–Kier alpha value is -1.56. The van der Waals surface area contributed by atoms with Crippen molar-refractivity contribution in [1.29, 1.82) is 0 Å². The van der Waals surface area contributed by atoms with Gasteiger partial charge in [0.05, 0.1) is 0 Å². The molecule has 5 nitrogen and oxygen atoms in total. The maximum Gasteiger partial charge on any atom is 0.326 e. The van der Waals surface area contributed by atoms with Gasteiger partial charge in [-0.2, -0.15) is 0 Å². The van der Waals surface area contributed by atoms with E-state index >= 15 is 0 Å². The molecule has 0 unspecified atom stereocenters. The number of aliphatic carboxylic acids is 1. The van der Waals surface area contributed by atoms with Crippen molar-refractivity contribution < 1.29 is 14.7 Å². The highest BCUT2D eigenvalue weighted by Crippen LogP contribution is 2.14. The summed E-state index contributed by atoms with van der Waals surface area (Å²) >= 11 is 3.28. The van der Waals surface area contributed by atoms with Crippen molar-refractivity contribution in [2.24, 2.45) is 5.92 Å². The first-order valence-corrected chi connectivity index (χ1v) is 6.25. The topological polar surface area (TPSA) is 78.4 Å².